The maximum atomic E-state index is 11.4. The average molecular weight is 276 g/mol. The van der Waals surface area contributed by atoms with Gasteiger partial charge in [-0.05, 0) is 30.4 Å². The lowest BCUT2D eigenvalue weighted by Crippen LogP contribution is -2.29. The number of ether oxygens (including phenoxy) is 1. The Bertz CT molecular complexity index is 458. The zero-order valence-corrected chi connectivity index (χ0v) is 12.6. The predicted octanol–water partition coefficient (Wildman–Crippen LogP) is 2.50. The van der Waals surface area contributed by atoms with Crippen LogP contribution in [0.5, 0.6) is 0 Å². The minimum Gasteiger partial charge on any atom is -0.383 e. The second kappa shape index (κ2) is 6.75. The summed E-state index contributed by atoms with van der Waals surface area (Å²) in [5.41, 5.74) is 2.25. The highest BCUT2D eigenvalue weighted by Crippen LogP contribution is 2.35. The molecule has 4 heteroatoms. The molecule has 1 saturated carbocycles. The van der Waals surface area contributed by atoms with Gasteiger partial charge in [0, 0.05) is 33.3 Å². The normalized spacial score (nSPS) is 15.8. The minimum absolute atomic E-state index is 0.0791. The van der Waals surface area contributed by atoms with E-state index in [-0.39, 0.29) is 5.91 Å². The minimum atomic E-state index is 0.0791. The fourth-order valence-electron chi connectivity index (χ4n) is 2.34. The molecular weight excluding hydrogens is 252 g/mol. The number of para-hydroxylation sites is 1. The molecule has 0 aromatic heterocycles. The largest absolute Gasteiger partial charge is 0.383 e. The van der Waals surface area contributed by atoms with E-state index in [4.69, 9.17) is 4.74 Å². The van der Waals surface area contributed by atoms with Crippen molar-refractivity contribution < 1.29 is 9.53 Å². The number of benzene rings is 1. The fourth-order valence-corrected chi connectivity index (χ4v) is 2.34. The van der Waals surface area contributed by atoms with Gasteiger partial charge in [-0.3, -0.25) is 4.79 Å². The van der Waals surface area contributed by atoms with Crippen LogP contribution < -0.4 is 5.32 Å². The first-order valence-corrected chi connectivity index (χ1v) is 7.17. The third kappa shape index (κ3) is 3.97. The molecule has 0 saturated heterocycles. The number of rotatable bonds is 7. The molecule has 0 bridgehead atoms. The maximum absolute atomic E-state index is 11.4. The van der Waals surface area contributed by atoms with Gasteiger partial charge in [0.05, 0.1) is 12.6 Å². The Morgan fingerprint density at radius 2 is 2.15 bits per heavy atom. The van der Waals surface area contributed by atoms with Crippen molar-refractivity contribution in [2.24, 2.45) is 5.92 Å². The smallest absolute Gasteiger partial charge is 0.219 e. The number of methoxy groups -OCH3 is 1. The van der Waals surface area contributed by atoms with Crippen LogP contribution >= 0.6 is 0 Å². The highest BCUT2D eigenvalue weighted by Gasteiger charge is 2.31. The standard InChI is InChI=1S/C16H24N2O2/c1-12(19)18(2)10-14-6-4-5-7-15(14)17-16(11-20-3)13-8-9-13/h4-7,13,16-17H,8-11H2,1-3H3. The van der Waals surface area contributed by atoms with Gasteiger partial charge in [0.25, 0.3) is 0 Å². The van der Waals surface area contributed by atoms with E-state index in [9.17, 15) is 4.79 Å². The number of anilines is 1. The summed E-state index contributed by atoms with van der Waals surface area (Å²) in [6.07, 6.45) is 2.55. The Labute approximate surface area is 121 Å². The third-order valence-electron chi connectivity index (χ3n) is 3.84. The number of carbonyl (C=O) groups excluding carboxylic acids is 1. The molecule has 0 aliphatic heterocycles. The van der Waals surface area contributed by atoms with E-state index in [1.807, 2.05) is 19.2 Å². The number of carbonyl (C=O) groups is 1. The van der Waals surface area contributed by atoms with Crippen molar-refractivity contribution in [3.05, 3.63) is 29.8 Å². The van der Waals surface area contributed by atoms with Gasteiger partial charge in [-0.1, -0.05) is 18.2 Å². The molecule has 110 valence electrons. The lowest BCUT2D eigenvalue weighted by atomic mass is 10.1. The van der Waals surface area contributed by atoms with Crippen molar-refractivity contribution in [2.45, 2.75) is 32.4 Å². The second-order valence-electron chi connectivity index (χ2n) is 5.58. The van der Waals surface area contributed by atoms with Crippen molar-refractivity contribution in [3.8, 4) is 0 Å². The number of amides is 1. The summed E-state index contributed by atoms with van der Waals surface area (Å²) in [7, 11) is 3.57. The Kier molecular flexibility index (Phi) is 5.01. The van der Waals surface area contributed by atoms with Crippen LogP contribution in [0.1, 0.15) is 25.3 Å². The lowest BCUT2D eigenvalue weighted by molar-refractivity contribution is -0.128. The van der Waals surface area contributed by atoms with Gasteiger partial charge in [-0.15, -0.1) is 0 Å². The number of hydrogen-bond donors (Lipinski definition) is 1. The molecule has 1 amide bonds. The summed E-state index contributed by atoms with van der Waals surface area (Å²) in [4.78, 5) is 13.1. The Morgan fingerprint density at radius 3 is 2.75 bits per heavy atom. The monoisotopic (exact) mass is 276 g/mol. The predicted molar refractivity (Wildman–Crippen MR) is 80.6 cm³/mol. The van der Waals surface area contributed by atoms with Crippen molar-refractivity contribution in [2.75, 3.05) is 26.1 Å². The molecular formula is C16H24N2O2. The second-order valence-corrected chi connectivity index (χ2v) is 5.58. The molecule has 1 aliphatic rings. The van der Waals surface area contributed by atoms with Crippen LogP contribution in [0.15, 0.2) is 24.3 Å². The summed E-state index contributed by atoms with van der Waals surface area (Å²) in [5.74, 6) is 0.795. The molecule has 0 radical (unpaired) electrons. The molecule has 1 N–H and O–H groups in total. The SMILES string of the molecule is COCC(Nc1ccccc1CN(C)C(C)=O)C1CC1. The highest BCUT2D eigenvalue weighted by atomic mass is 16.5. The van der Waals surface area contributed by atoms with Gasteiger partial charge in [0.15, 0.2) is 0 Å². The first-order chi connectivity index (χ1) is 9.61. The van der Waals surface area contributed by atoms with Crippen LogP contribution in [0.3, 0.4) is 0 Å². The van der Waals surface area contributed by atoms with Crippen LogP contribution in [0, 0.1) is 5.92 Å². The first kappa shape index (κ1) is 14.9. The Balaban J connectivity index is 2.08. The van der Waals surface area contributed by atoms with Crippen LogP contribution in [0.4, 0.5) is 5.69 Å². The van der Waals surface area contributed by atoms with Crippen molar-refractivity contribution in [1.82, 2.24) is 4.90 Å². The molecule has 0 spiro atoms. The molecule has 1 atom stereocenters. The Morgan fingerprint density at radius 1 is 1.45 bits per heavy atom. The van der Waals surface area contributed by atoms with Crippen molar-refractivity contribution >= 4 is 11.6 Å². The first-order valence-electron chi connectivity index (χ1n) is 7.17. The van der Waals surface area contributed by atoms with E-state index in [1.54, 1.807) is 18.9 Å². The van der Waals surface area contributed by atoms with E-state index in [2.05, 4.69) is 17.4 Å². The summed E-state index contributed by atoms with van der Waals surface area (Å²) in [5, 5.41) is 3.59. The van der Waals surface area contributed by atoms with Crippen LogP contribution in [0.2, 0.25) is 0 Å². The van der Waals surface area contributed by atoms with E-state index in [1.165, 1.54) is 12.8 Å². The zero-order valence-electron chi connectivity index (χ0n) is 12.6. The zero-order chi connectivity index (χ0) is 14.5. The topological polar surface area (TPSA) is 41.6 Å². The quantitative estimate of drug-likeness (QED) is 0.832. The molecule has 20 heavy (non-hydrogen) atoms. The van der Waals surface area contributed by atoms with Gasteiger partial charge in [0.2, 0.25) is 5.91 Å². The van der Waals surface area contributed by atoms with Gasteiger partial charge >= 0.3 is 0 Å². The van der Waals surface area contributed by atoms with E-state index >= 15 is 0 Å². The summed E-state index contributed by atoms with van der Waals surface area (Å²) in [6.45, 7) is 2.94. The van der Waals surface area contributed by atoms with Crippen molar-refractivity contribution in [1.29, 1.82) is 0 Å². The third-order valence-corrected chi connectivity index (χ3v) is 3.84. The summed E-state index contributed by atoms with van der Waals surface area (Å²) < 4.78 is 5.31. The van der Waals surface area contributed by atoms with Gasteiger partial charge < -0.3 is 15.0 Å². The molecule has 0 heterocycles. The molecule has 1 aliphatic carbocycles. The number of nitrogens with one attached hydrogen (secondary N) is 1. The Hall–Kier alpha value is -1.55. The number of hydrogen-bond acceptors (Lipinski definition) is 3. The highest BCUT2D eigenvalue weighted by molar-refractivity contribution is 5.73. The molecule has 1 aromatic carbocycles. The molecule has 1 unspecified atom stereocenters. The molecule has 4 nitrogen and oxygen atoms in total. The van der Waals surface area contributed by atoms with E-state index in [0.717, 1.165) is 17.9 Å². The molecule has 1 aromatic rings. The van der Waals surface area contributed by atoms with Crippen LogP contribution in [-0.2, 0) is 16.1 Å². The van der Waals surface area contributed by atoms with Crippen LogP contribution in [0.25, 0.3) is 0 Å². The van der Waals surface area contributed by atoms with E-state index < -0.39 is 0 Å². The van der Waals surface area contributed by atoms with Gasteiger partial charge in [0.1, 0.15) is 0 Å². The molecule has 1 fully saturated rings. The fraction of sp³-hybridized carbons (Fsp3) is 0.562. The van der Waals surface area contributed by atoms with Crippen molar-refractivity contribution in [3.63, 3.8) is 0 Å². The van der Waals surface area contributed by atoms with Gasteiger partial charge in [-0.25, -0.2) is 0 Å². The summed E-state index contributed by atoms with van der Waals surface area (Å²) in [6, 6.07) is 8.55. The number of nitrogens with zero attached hydrogens (tertiary/aromatic N) is 1. The van der Waals surface area contributed by atoms with E-state index in [0.29, 0.717) is 18.5 Å². The maximum Gasteiger partial charge on any atom is 0.219 e. The lowest BCUT2D eigenvalue weighted by Gasteiger charge is -2.23. The summed E-state index contributed by atoms with van der Waals surface area (Å²) >= 11 is 0. The average Bonchev–Trinajstić information content (AvgIpc) is 3.24. The molecule has 2 rings (SSSR count). The van der Waals surface area contributed by atoms with Gasteiger partial charge in [-0.2, -0.15) is 0 Å². The van der Waals surface area contributed by atoms with Crippen LogP contribution in [-0.4, -0.2) is 37.6 Å².